The van der Waals surface area contributed by atoms with Crippen LogP contribution in [0.25, 0.3) is 0 Å². The molecule has 0 rings (SSSR count). The van der Waals surface area contributed by atoms with Crippen LogP contribution in [0.4, 0.5) is 0 Å². The first-order valence-corrected chi connectivity index (χ1v) is 5.92. The summed E-state index contributed by atoms with van der Waals surface area (Å²) in [6.07, 6.45) is -0.922. The summed E-state index contributed by atoms with van der Waals surface area (Å²) >= 11 is 0. The Kier molecular flexibility index (Phi) is 12.2. The maximum absolute atomic E-state index is 10.2. The van der Waals surface area contributed by atoms with Crippen molar-refractivity contribution in [3.63, 3.8) is 0 Å². The van der Waals surface area contributed by atoms with Crippen molar-refractivity contribution in [2.45, 2.75) is 38.3 Å². The van der Waals surface area contributed by atoms with Crippen LogP contribution in [0.1, 0.15) is 26.7 Å². The Balaban J connectivity index is 0. The van der Waals surface area contributed by atoms with Crippen molar-refractivity contribution in [3.8, 4) is 0 Å². The fourth-order valence-corrected chi connectivity index (χ4v) is 1.28. The van der Waals surface area contributed by atoms with Crippen LogP contribution in [0.3, 0.4) is 0 Å². The van der Waals surface area contributed by atoms with E-state index in [4.69, 9.17) is 9.47 Å². The van der Waals surface area contributed by atoms with Gasteiger partial charge in [-0.1, -0.05) is 0 Å². The minimum atomic E-state index is -1.35. The number of carboxylic acid groups (broad SMARTS) is 2. The van der Waals surface area contributed by atoms with Gasteiger partial charge in [0.15, 0.2) is 0 Å². The lowest BCUT2D eigenvalue weighted by molar-refractivity contribution is -0.458. The molecule has 0 aliphatic carbocycles. The van der Waals surface area contributed by atoms with Crippen LogP contribution in [0, 0.1) is 0 Å². The molecule has 0 fully saturated rings. The Hall–Kier alpha value is -1.26. The number of hydrogen-bond donors (Lipinski definition) is 3. The minimum Gasteiger partial charge on any atom is -0.550 e. The molecule has 1 unspecified atom stereocenters. The van der Waals surface area contributed by atoms with Crippen molar-refractivity contribution in [3.05, 3.63) is 0 Å². The number of hydrazine groups is 1. The summed E-state index contributed by atoms with van der Waals surface area (Å²) in [5, 5.41) is 20.3. The van der Waals surface area contributed by atoms with Gasteiger partial charge < -0.3 is 29.3 Å². The van der Waals surface area contributed by atoms with Gasteiger partial charge in [0.2, 0.25) is 0 Å². The lowest BCUT2D eigenvalue weighted by Crippen LogP contribution is -2.72. The number of nitrogens with one attached hydrogen (secondary N) is 2. The highest BCUT2D eigenvalue weighted by Crippen LogP contribution is 2.17. The molecule has 0 radical (unpaired) electrons. The summed E-state index contributed by atoms with van der Waals surface area (Å²) in [5.74, 6) is 0.698. The Bertz CT molecular complexity index is 265. The number of ether oxygens (including phenoxy) is 2. The van der Waals surface area contributed by atoms with Gasteiger partial charge in [-0.2, -0.15) is 0 Å². The Labute approximate surface area is 118 Å². The van der Waals surface area contributed by atoms with E-state index in [1.807, 2.05) is 6.92 Å². The highest BCUT2D eigenvalue weighted by molar-refractivity contribution is 5.70. The molecule has 0 spiro atoms. The second kappa shape index (κ2) is 11.6. The molecular formula is C11H24N3O6-. The number of carbonyl (C=O) groups excluding carboxylic acids is 2. The fourth-order valence-electron chi connectivity index (χ4n) is 1.28. The average Bonchev–Trinajstić information content (AvgIpc) is 2.28. The van der Waals surface area contributed by atoms with Gasteiger partial charge in [0, 0.05) is 45.0 Å². The van der Waals surface area contributed by atoms with Gasteiger partial charge >= 0.3 is 0 Å². The Morgan fingerprint density at radius 1 is 1.25 bits per heavy atom. The Morgan fingerprint density at radius 3 is 1.95 bits per heavy atom. The van der Waals surface area contributed by atoms with Crippen molar-refractivity contribution in [1.29, 1.82) is 0 Å². The van der Waals surface area contributed by atoms with Gasteiger partial charge in [-0.25, -0.2) is 5.43 Å². The monoisotopic (exact) mass is 294 g/mol. The van der Waals surface area contributed by atoms with E-state index in [1.54, 1.807) is 7.11 Å². The number of rotatable bonds is 9. The van der Waals surface area contributed by atoms with Crippen LogP contribution in [0.15, 0.2) is 0 Å². The molecule has 1 atom stereocenters. The van der Waals surface area contributed by atoms with Gasteiger partial charge in [-0.05, 0) is 13.8 Å². The van der Waals surface area contributed by atoms with Crippen LogP contribution < -0.4 is 27.0 Å². The number of quaternary nitrogens is 1. The molecule has 0 heterocycles. The van der Waals surface area contributed by atoms with Gasteiger partial charge in [-0.3, -0.25) is 5.84 Å². The fraction of sp³-hybridized carbons (Fsp3) is 0.818. The van der Waals surface area contributed by atoms with Gasteiger partial charge in [0.1, 0.15) is 0 Å². The predicted octanol–water partition coefficient (Wildman–Crippen LogP) is -4.06. The van der Waals surface area contributed by atoms with E-state index in [0.717, 1.165) is 0 Å². The summed E-state index contributed by atoms with van der Waals surface area (Å²) in [5.41, 5.74) is 4.19. The molecule has 0 aliphatic heterocycles. The molecule has 0 aromatic carbocycles. The quantitative estimate of drug-likeness (QED) is 0.363. The van der Waals surface area contributed by atoms with Crippen LogP contribution in [0.2, 0.25) is 0 Å². The first-order valence-electron chi connectivity index (χ1n) is 5.92. The summed E-state index contributed by atoms with van der Waals surface area (Å²) in [6, 6.07) is 0.317. The van der Waals surface area contributed by atoms with Crippen LogP contribution in [-0.2, 0) is 19.1 Å². The van der Waals surface area contributed by atoms with Crippen LogP contribution in [0.5, 0.6) is 0 Å². The SMILES string of the molecule is COC(C)(CC(=O)[O-])CC(=O)[O-].COCC(C)NN[NH3+]. The average molecular weight is 294 g/mol. The molecule has 0 bridgehead atoms. The highest BCUT2D eigenvalue weighted by Gasteiger charge is 2.23. The summed E-state index contributed by atoms with van der Waals surface area (Å²) in [6.45, 7) is 4.07. The van der Waals surface area contributed by atoms with Crippen LogP contribution >= 0.6 is 0 Å². The molecule has 0 aromatic rings. The van der Waals surface area contributed by atoms with Gasteiger partial charge in [0.05, 0.1) is 12.2 Å². The number of hydrogen-bond acceptors (Lipinski definition) is 8. The zero-order valence-corrected chi connectivity index (χ0v) is 12.4. The maximum Gasteiger partial charge on any atom is 0.0754 e. The molecule has 20 heavy (non-hydrogen) atoms. The summed E-state index contributed by atoms with van der Waals surface area (Å²) in [4.78, 5) is 20.3. The van der Waals surface area contributed by atoms with E-state index in [1.165, 1.54) is 14.0 Å². The standard InChI is InChI=1S/C7H12O5.C4H13N3O/c1-7(12-2,3-5(8)9)4-6(10)11;1-4(3-8-2)6-7-5/h3-4H2,1-2H3,(H,8,9)(H,10,11);4,6-7H,3,5H2,1-2H3/p-1. The Morgan fingerprint density at radius 2 is 1.70 bits per heavy atom. The number of aliphatic carboxylic acids is 2. The van der Waals surface area contributed by atoms with E-state index < -0.39 is 30.4 Å². The lowest BCUT2D eigenvalue weighted by atomic mass is 9.98. The maximum atomic E-state index is 10.2. The van der Waals surface area contributed by atoms with Crippen molar-refractivity contribution in [2.75, 3.05) is 20.8 Å². The third kappa shape index (κ3) is 13.2. The van der Waals surface area contributed by atoms with Crippen LogP contribution in [-0.4, -0.2) is 44.4 Å². The smallest absolute Gasteiger partial charge is 0.0754 e. The van der Waals surface area contributed by atoms with E-state index in [2.05, 4.69) is 16.8 Å². The van der Waals surface area contributed by atoms with E-state index in [-0.39, 0.29) is 0 Å². The van der Waals surface area contributed by atoms with Crippen molar-refractivity contribution in [1.82, 2.24) is 11.0 Å². The number of carboxylic acids is 2. The molecule has 5 N–H and O–H groups in total. The largest absolute Gasteiger partial charge is 0.550 e. The molecule has 0 aromatic heterocycles. The number of methoxy groups -OCH3 is 2. The van der Waals surface area contributed by atoms with Gasteiger partial charge in [0.25, 0.3) is 0 Å². The second-order valence-corrected chi connectivity index (χ2v) is 4.43. The topological polar surface area (TPSA) is 150 Å². The van der Waals surface area contributed by atoms with Crippen molar-refractivity contribution < 1.29 is 35.1 Å². The summed E-state index contributed by atoms with van der Waals surface area (Å²) < 4.78 is 9.54. The first kappa shape index (κ1) is 21.0. The van der Waals surface area contributed by atoms with E-state index in [0.29, 0.717) is 12.6 Å². The molecular weight excluding hydrogens is 270 g/mol. The molecule has 0 saturated heterocycles. The molecule has 9 heteroatoms. The minimum absolute atomic E-state index is 0.317. The van der Waals surface area contributed by atoms with Gasteiger partial charge in [-0.15, -0.1) is 5.53 Å². The normalized spacial score (nSPS) is 12.2. The molecule has 0 amide bonds. The zero-order chi connectivity index (χ0) is 16.2. The third-order valence-corrected chi connectivity index (χ3v) is 2.29. The van der Waals surface area contributed by atoms with Crippen molar-refractivity contribution in [2.24, 2.45) is 0 Å². The predicted molar refractivity (Wildman–Crippen MR) is 65.2 cm³/mol. The van der Waals surface area contributed by atoms with E-state index >= 15 is 0 Å². The zero-order valence-electron chi connectivity index (χ0n) is 12.4. The lowest BCUT2D eigenvalue weighted by Gasteiger charge is -2.28. The molecule has 120 valence electrons. The number of carbonyl (C=O) groups is 2. The van der Waals surface area contributed by atoms with Crippen molar-refractivity contribution >= 4 is 11.9 Å². The molecule has 9 nitrogen and oxygen atoms in total. The van der Waals surface area contributed by atoms with E-state index in [9.17, 15) is 19.8 Å². The summed E-state index contributed by atoms with van der Waals surface area (Å²) in [7, 11) is 2.91. The second-order valence-electron chi connectivity index (χ2n) is 4.43. The molecule has 0 saturated carbocycles. The highest BCUT2D eigenvalue weighted by atomic mass is 16.5. The third-order valence-electron chi connectivity index (χ3n) is 2.29. The first-order chi connectivity index (χ1) is 9.20. The molecule has 0 aliphatic rings.